The third-order valence-electron chi connectivity index (χ3n) is 2.31. The first-order chi connectivity index (χ1) is 7.56. The quantitative estimate of drug-likeness (QED) is 0.773. The normalized spacial score (nSPS) is 10.6. The van der Waals surface area contributed by atoms with Crippen molar-refractivity contribution in [3.63, 3.8) is 0 Å². The Hall–Kier alpha value is -0.832. The summed E-state index contributed by atoms with van der Waals surface area (Å²) in [6, 6.07) is 6.78. The van der Waals surface area contributed by atoms with Crippen molar-refractivity contribution in [2.45, 2.75) is 19.8 Å². The van der Waals surface area contributed by atoms with Gasteiger partial charge in [-0.3, -0.25) is 0 Å². The molecule has 1 aromatic carbocycles. The second kappa shape index (κ2) is 6.04. The topological polar surface area (TPSA) is 60.8 Å². The third-order valence-corrected chi connectivity index (χ3v) is 3.90. The van der Waals surface area contributed by atoms with Gasteiger partial charge in [-0.15, -0.1) is 0 Å². The van der Waals surface area contributed by atoms with Crippen LogP contribution >= 0.6 is 0 Å². The Morgan fingerprint density at radius 1 is 1.31 bits per heavy atom. The summed E-state index contributed by atoms with van der Waals surface area (Å²) in [6.45, 7) is 1.96. The van der Waals surface area contributed by atoms with E-state index in [1.54, 1.807) is 36.2 Å². The maximum absolute atomic E-state index is 11.6. The fourth-order valence-electron chi connectivity index (χ4n) is 1.34. The average molecular weight is 285 g/mol. The van der Waals surface area contributed by atoms with Crippen LogP contribution in [-0.2, 0) is 4.79 Å². The van der Waals surface area contributed by atoms with Crippen molar-refractivity contribution in [3.05, 3.63) is 24.3 Å². The Morgan fingerprint density at radius 3 is 2.31 bits per heavy atom. The number of carbonyl (C=O) groups is 1. The molecule has 4 nitrogen and oxygen atoms in total. The van der Waals surface area contributed by atoms with E-state index in [1.165, 1.54) is 0 Å². The van der Waals surface area contributed by atoms with Gasteiger partial charge < -0.3 is 0 Å². The number of amides is 1. The second-order valence-electron chi connectivity index (χ2n) is 3.51. The zero-order chi connectivity index (χ0) is 12.1. The number of carbonyl (C=O) groups excluding carboxylic acids is 1. The molecule has 0 radical (unpaired) electrons. The molecule has 0 spiro atoms. The second-order valence-corrected chi connectivity index (χ2v) is 5.81. The monoisotopic (exact) mass is 285 g/mol. The van der Waals surface area contributed by atoms with E-state index in [9.17, 15) is 4.79 Å². The predicted molar refractivity (Wildman–Crippen MR) is 64.6 cm³/mol. The molecule has 0 aliphatic heterocycles. The molecule has 0 atom stereocenters. The van der Waals surface area contributed by atoms with Crippen LogP contribution < -0.4 is 9.25 Å². The molecule has 2 N–H and O–H groups in total. The van der Waals surface area contributed by atoms with Crippen LogP contribution in [0.5, 0.6) is 0 Å². The molecule has 0 aliphatic rings. The van der Waals surface area contributed by atoms with E-state index in [-0.39, 0.29) is 5.91 Å². The fourth-order valence-corrected chi connectivity index (χ4v) is 2.21. The number of hydrogen-bond donors (Lipinski definition) is 2. The Kier molecular flexibility index (Phi) is 5.00. The van der Waals surface area contributed by atoms with Crippen molar-refractivity contribution in [3.8, 4) is 0 Å². The van der Waals surface area contributed by atoms with Gasteiger partial charge in [-0.1, -0.05) is 0 Å². The van der Waals surface area contributed by atoms with E-state index in [0.717, 1.165) is 12.1 Å². The minimum atomic E-state index is -2.78. The van der Waals surface area contributed by atoms with Crippen molar-refractivity contribution in [2.75, 3.05) is 11.9 Å². The summed E-state index contributed by atoms with van der Waals surface area (Å²) in [7, 11) is 1.72. The Bertz CT molecular complexity index is 351. The predicted octanol–water partition coefficient (Wildman–Crippen LogP) is 0.129. The standard InChI is InChI=1S/C11H16AsNO3/c1-3-4-11(14)13(2)10-7-5-9(6-8-10)12(15)16/h5-8,15-16H,3-4H2,1-2H3. The molecule has 1 rings (SSSR count). The summed E-state index contributed by atoms with van der Waals surface area (Å²) < 4.78 is 18.7. The van der Waals surface area contributed by atoms with Crippen LogP contribution in [0.2, 0.25) is 0 Å². The van der Waals surface area contributed by atoms with Gasteiger partial charge in [0.2, 0.25) is 0 Å². The maximum atomic E-state index is 11.6. The number of nitrogens with zero attached hydrogens (tertiary/aromatic N) is 1. The van der Waals surface area contributed by atoms with Crippen LogP contribution in [0.25, 0.3) is 0 Å². The molecule has 16 heavy (non-hydrogen) atoms. The zero-order valence-electron chi connectivity index (χ0n) is 9.42. The van der Waals surface area contributed by atoms with Crippen LogP contribution in [0.4, 0.5) is 5.69 Å². The Morgan fingerprint density at radius 2 is 1.88 bits per heavy atom. The van der Waals surface area contributed by atoms with Crippen LogP contribution in [0.15, 0.2) is 24.3 Å². The molecule has 0 saturated carbocycles. The first-order valence-electron chi connectivity index (χ1n) is 5.10. The van der Waals surface area contributed by atoms with E-state index in [4.69, 9.17) is 8.19 Å². The third kappa shape index (κ3) is 3.34. The van der Waals surface area contributed by atoms with E-state index in [1.807, 2.05) is 6.92 Å². The number of hydrogen-bond acceptors (Lipinski definition) is 3. The van der Waals surface area contributed by atoms with E-state index < -0.39 is 15.3 Å². The molecule has 0 fully saturated rings. The van der Waals surface area contributed by atoms with Crippen LogP contribution in [-0.4, -0.2) is 36.5 Å². The zero-order valence-corrected chi connectivity index (χ0v) is 11.3. The average Bonchev–Trinajstić information content (AvgIpc) is 2.28. The number of anilines is 1. The van der Waals surface area contributed by atoms with Gasteiger partial charge in [0.25, 0.3) is 0 Å². The molecule has 1 aromatic rings. The van der Waals surface area contributed by atoms with Crippen molar-refractivity contribution in [1.82, 2.24) is 0 Å². The van der Waals surface area contributed by atoms with Crippen molar-refractivity contribution in [2.24, 2.45) is 0 Å². The van der Waals surface area contributed by atoms with Gasteiger partial charge in [0.05, 0.1) is 0 Å². The molecule has 0 saturated heterocycles. The summed E-state index contributed by atoms with van der Waals surface area (Å²) in [5.74, 6) is 0.0673. The fraction of sp³-hybridized carbons (Fsp3) is 0.364. The summed E-state index contributed by atoms with van der Waals surface area (Å²) in [5, 5.41) is 0. The van der Waals surface area contributed by atoms with E-state index in [2.05, 4.69) is 0 Å². The van der Waals surface area contributed by atoms with Gasteiger partial charge in [0.1, 0.15) is 0 Å². The van der Waals surface area contributed by atoms with E-state index in [0.29, 0.717) is 10.8 Å². The summed E-state index contributed by atoms with van der Waals surface area (Å²) in [4.78, 5) is 13.2. The minimum absolute atomic E-state index is 0.0673. The summed E-state index contributed by atoms with van der Waals surface area (Å²) in [5.41, 5.74) is 0.776. The van der Waals surface area contributed by atoms with Crippen molar-refractivity contribution >= 4 is 31.3 Å². The molecule has 0 unspecified atom stereocenters. The van der Waals surface area contributed by atoms with Gasteiger partial charge >= 0.3 is 100 Å². The van der Waals surface area contributed by atoms with Gasteiger partial charge in [-0.2, -0.15) is 0 Å². The molecular formula is C11H16AsNO3. The molecule has 0 aliphatic carbocycles. The van der Waals surface area contributed by atoms with Crippen molar-refractivity contribution in [1.29, 1.82) is 0 Å². The molecule has 1 amide bonds. The first kappa shape index (κ1) is 13.2. The Balaban J connectivity index is 2.77. The molecule has 0 aromatic heterocycles. The van der Waals surface area contributed by atoms with E-state index >= 15 is 0 Å². The Labute approximate surface area is 100 Å². The number of rotatable bonds is 4. The number of benzene rings is 1. The van der Waals surface area contributed by atoms with Gasteiger partial charge in [-0.25, -0.2) is 0 Å². The van der Waals surface area contributed by atoms with Gasteiger partial charge in [0.15, 0.2) is 0 Å². The molecule has 0 heterocycles. The summed E-state index contributed by atoms with van der Waals surface area (Å²) in [6.07, 6.45) is 1.35. The van der Waals surface area contributed by atoms with Gasteiger partial charge in [-0.05, 0) is 0 Å². The molecule has 5 heteroatoms. The van der Waals surface area contributed by atoms with Crippen LogP contribution in [0.3, 0.4) is 0 Å². The molecule has 0 bridgehead atoms. The summed E-state index contributed by atoms with van der Waals surface area (Å²) >= 11 is -2.78. The molecule has 88 valence electrons. The van der Waals surface area contributed by atoms with Crippen LogP contribution in [0.1, 0.15) is 19.8 Å². The SMILES string of the molecule is CCCC(=O)N(C)c1ccc([As](O)O)cc1. The molecular weight excluding hydrogens is 269 g/mol. The first-order valence-corrected chi connectivity index (χ1v) is 7.72. The van der Waals surface area contributed by atoms with Crippen LogP contribution in [0, 0.1) is 0 Å². The van der Waals surface area contributed by atoms with Crippen molar-refractivity contribution < 1.29 is 13.0 Å². The van der Waals surface area contributed by atoms with Gasteiger partial charge in [0, 0.05) is 0 Å².